The predicted molar refractivity (Wildman–Crippen MR) is 139 cm³/mol. The fourth-order valence-corrected chi connectivity index (χ4v) is 7.41. The highest BCUT2D eigenvalue weighted by Gasteiger charge is 2.43. The number of nitrogens with zero attached hydrogens (tertiary/aromatic N) is 3. The van der Waals surface area contributed by atoms with E-state index in [1.807, 2.05) is 4.90 Å². The normalized spacial score (nSPS) is 19.8. The third-order valence-corrected chi connectivity index (χ3v) is 10.1. The Morgan fingerprint density at radius 2 is 1.94 bits per heavy atom. The van der Waals surface area contributed by atoms with Crippen molar-refractivity contribution in [3.05, 3.63) is 71.1 Å². The summed E-state index contributed by atoms with van der Waals surface area (Å²) in [5.41, 5.74) is 3.96. The molecule has 2 atom stereocenters. The Hall–Kier alpha value is -2.88. The molecular weight excluding hydrogens is 482 g/mol. The second-order valence-electron chi connectivity index (χ2n) is 9.24. The highest BCUT2D eigenvalue weighted by atomic mass is 32.2. The molecule has 0 aliphatic carbocycles. The zero-order valence-electron chi connectivity index (χ0n) is 20.0. The molecule has 2 aromatic carbocycles. The number of piperidine rings is 1. The quantitative estimate of drug-likeness (QED) is 0.499. The lowest BCUT2D eigenvalue weighted by Crippen LogP contribution is -2.48. The number of benzene rings is 2. The van der Waals surface area contributed by atoms with E-state index < -0.39 is 10.0 Å². The van der Waals surface area contributed by atoms with Crippen LogP contribution in [-0.4, -0.2) is 59.1 Å². The first-order valence-electron chi connectivity index (χ1n) is 11.6. The fourth-order valence-electron chi connectivity index (χ4n) is 5.06. The van der Waals surface area contributed by atoms with E-state index in [0.29, 0.717) is 21.6 Å². The molecular formula is C26H29N3O4S2. The zero-order valence-corrected chi connectivity index (χ0v) is 21.7. The summed E-state index contributed by atoms with van der Waals surface area (Å²) in [5.74, 6) is 0.772. The van der Waals surface area contributed by atoms with Gasteiger partial charge >= 0.3 is 0 Å². The van der Waals surface area contributed by atoms with Crippen molar-refractivity contribution in [2.24, 2.45) is 0 Å². The van der Waals surface area contributed by atoms with Crippen LogP contribution >= 0.6 is 11.3 Å². The summed E-state index contributed by atoms with van der Waals surface area (Å²) in [5, 5.41) is 1.74. The van der Waals surface area contributed by atoms with Gasteiger partial charge in [0.05, 0.1) is 5.69 Å². The van der Waals surface area contributed by atoms with E-state index in [1.165, 1.54) is 33.8 Å². The van der Waals surface area contributed by atoms with Crippen LogP contribution in [0.25, 0.3) is 0 Å². The number of aryl methyl sites for hydroxylation is 1. The summed E-state index contributed by atoms with van der Waals surface area (Å²) >= 11 is 1.18. The number of anilines is 2. The van der Waals surface area contributed by atoms with Crippen molar-refractivity contribution in [3.63, 3.8) is 0 Å². The van der Waals surface area contributed by atoms with Crippen LogP contribution in [0.15, 0.2) is 64.2 Å². The van der Waals surface area contributed by atoms with Gasteiger partial charge in [-0.15, -0.1) is 11.3 Å². The molecule has 35 heavy (non-hydrogen) atoms. The van der Waals surface area contributed by atoms with E-state index in [9.17, 15) is 13.2 Å². The SMILES string of the molecule is Cc1ccc2c(c1)[C@H]1CN(C)CC[C@@H]1N2C(=O)COc1ccc(N(C)S(=O)(=O)c2cccs2)cc1. The van der Waals surface area contributed by atoms with Crippen molar-refractivity contribution in [3.8, 4) is 5.75 Å². The Labute approximate surface area is 210 Å². The smallest absolute Gasteiger partial charge is 0.273 e. The minimum Gasteiger partial charge on any atom is -0.484 e. The van der Waals surface area contributed by atoms with Crippen molar-refractivity contribution in [1.82, 2.24) is 4.90 Å². The number of rotatable bonds is 6. The van der Waals surface area contributed by atoms with Gasteiger partial charge in [-0.25, -0.2) is 8.42 Å². The average Bonchev–Trinajstić information content (AvgIpc) is 3.50. The fraction of sp³-hybridized carbons (Fsp3) is 0.346. The van der Waals surface area contributed by atoms with Crippen molar-refractivity contribution >= 4 is 38.6 Å². The summed E-state index contributed by atoms with van der Waals surface area (Å²) in [6, 6.07) is 16.5. The first-order valence-corrected chi connectivity index (χ1v) is 13.9. The van der Waals surface area contributed by atoms with Crippen LogP contribution in [0.2, 0.25) is 0 Å². The number of ether oxygens (including phenoxy) is 1. The van der Waals surface area contributed by atoms with E-state index >= 15 is 0 Å². The third-order valence-electron chi connectivity index (χ3n) is 6.89. The first kappa shape index (κ1) is 23.8. The number of likely N-dealkylation sites (tertiary alicyclic amines) is 1. The molecule has 9 heteroatoms. The molecule has 2 aliphatic heterocycles. The van der Waals surface area contributed by atoms with Gasteiger partial charge in [0.2, 0.25) is 0 Å². The minimum atomic E-state index is -3.60. The molecule has 0 spiro atoms. The summed E-state index contributed by atoms with van der Waals surface area (Å²) < 4.78 is 32.9. The number of carbonyl (C=O) groups excluding carboxylic acids is 1. The number of sulfonamides is 1. The molecule has 184 valence electrons. The summed E-state index contributed by atoms with van der Waals surface area (Å²) in [4.78, 5) is 17.6. The molecule has 7 nitrogen and oxygen atoms in total. The molecule has 0 saturated carbocycles. The molecule has 3 aromatic rings. The molecule has 2 aliphatic rings. The Balaban J connectivity index is 1.28. The Morgan fingerprint density at radius 3 is 2.66 bits per heavy atom. The molecule has 5 rings (SSSR count). The van der Waals surface area contributed by atoms with E-state index in [1.54, 1.807) is 41.8 Å². The third kappa shape index (κ3) is 4.44. The molecule has 0 N–H and O–H groups in total. The summed E-state index contributed by atoms with van der Waals surface area (Å²) in [6.45, 7) is 3.91. The van der Waals surface area contributed by atoms with Crippen molar-refractivity contribution in [2.75, 3.05) is 43.0 Å². The number of amides is 1. The number of carbonyl (C=O) groups is 1. The Kier molecular flexibility index (Phi) is 6.33. The largest absolute Gasteiger partial charge is 0.484 e. The molecule has 1 amide bonds. The van der Waals surface area contributed by atoms with Crippen LogP contribution in [0.1, 0.15) is 23.5 Å². The lowest BCUT2D eigenvalue weighted by atomic mass is 9.89. The predicted octanol–water partition coefficient (Wildman–Crippen LogP) is 4.09. The van der Waals surface area contributed by atoms with Crippen LogP contribution < -0.4 is 13.9 Å². The topological polar surface area (TPSA) is 70.2 Å². The number of fused-ring (bicyclic) bond motifs is 3. The second-order valence-corrected chi connectivity index (χ2v) is 12.4. The monoisotopic (exact) mass is 511 g/mol. The van der Waals surface area contributed by atoms with Gasteiger partial charge in [-0.05, 0) is 74.3 Å². The molecule has 1 saturated heterocycles. The van der Waals surface area contributed by atoms with E-state index in [-0.39, 0.29) is 18.6 Å². The second kappa shape index (κ2) is 9.29. The molecule has 0 radical (unpaired) electrons. The van der Waals surface area contributed by atoms with Gasteiger partial charge in [0.15, 0.2) is 6.61 Å². The number of hydrogen-bond donors (Lipinski definition) is 0. The van der Waals surface area contributed by atoms with Crippen molar-refractivity contribution in [2.45, 2.75) is 29.5 Å². The highest BCUT2D eigenvalue weighted by molar-refractivity contribution is 7.94. The van der Waals surface area contributed by atoms with Gasteiger partial charge in [0.25, 0.3) is 15.9 Å². The number of hydrogen-bond acceptors (Lipinski definition) is 6. The van der Waals surface area contributed by atoms with Crippen LogP contribution in [0.3, 0.4) is 0 Å². The van der Waals surface area contributed by atoms with Crippen LogP contribution in [0.4, 0.5) is 11.4 Å². The molecule has 1 aromatic heterocycles. The van der Waals surface area contributed by atoms with Crippen molar-refractivity contribution < 1.29 is 17.9 Å². The standard InChI is InChI=1S/C26H29N3O4S2/c1-18-6-11-23-21(15-18)22-16-27(2)13-12-24(22)29(23)25(30)17-33-20-9-7-19(8-10-20)28(3)35(31,32)26-5-4-14-34-26/h4-11,14-15,22,24H,12-13,16-17H2,1-3H3/t22-,24+/m1/s1. The summed E-state index contributed by atoms with van der Waals surface area (Å²) in [7, 11) is 0.0594. The Bertz CT molecular complexity index is 1320. The highest BCUT2D eigenvalue weighted by Crippen LogP contribution is 2.45. The van der Waals surface area contributed by atoms with Gasteiger partial charge in [-0.1, -0.05) is 23.8 Å². The number of thiophene rings is 1. The summed E-state index contributed by atoms with van der Waals surface area (Å²) in [6.07, 6.45) is 0.931. The van der Waals surface area contributed by atoms with Gasteiger partial charge in [0, 0.05) is 31.2 Å². The molecule has 3 heterocycles. The zero-order chi connectivity index (χ0) is 24.7. The van der Waals surface area contributed by atoms with Crippen LogP contribution in [0, 0.1) is 6.92 Å². The van der Waals surface area contributed by atoms with Gasteiger partial charge in [-0.3, -0.25) is 9.10 Å². The molecule has 1 fully saturated rings. The van der Waals surface area contributed by atoms with E-state index in [4.69, 9.17) is 4.74 Å². The molecule has 0 bridgehead atoms. The Morgan fingerprint density at radius 1 is 1.17 bits per heavy atom. The number of likely N-dealkylation sites (N-methyl/N-ethyl adjacent to an activating group) is 1. The maximum absolute atomic E-state index is 13.3. The van der Waals surface area contributed by atoms with E-state index in [2.05, 4.69) is 37.1 Å². The minimum absolute atomic E-state index is 0.0615. The lowest BCUT2D eigenvalue weighted by molar-refractivity contribution is -0.121. The van der Waals surface area contributed by atoms with Crippen molar-refractivity contribution in [1.29, 1.82) is 0 Å². The maximum Gasteiger partial charge on any atom is 0.273 e. The average molecular weight is 512 g/mol. The maximum atomic E-state index is 13.3. The van der Waals surface area contributed by atoms with Gasteiger partial charge < -0.3 is 14.5 Å². The van der Waals surface area contributed by atoms with Gasteiger partial charge in [0.1, 0.15) is 9.96 Å². The van der Waals surface area contributed by atoms with Gasteiger partial charge in [-0.2, -0.15) is 0 Å². The van der Waals surface area contributed by atoms with Crippen LogP contribution in [-0.2, 0) is 14.8 Å². The first-order chi connectivity index (χ1) is 16.8. The lowest BCUT2D eigenvalue weighted by Gasteiger charge is -2.36. The van der Waals surface area contributed by atoms with E-state index in [0.717, 1.165) is 25.2 Å². The molecule has 0 unspecified atom stereocenters. The van der Waals surface area contributed by atoms with Crippen LogP contribution in [0.5, 0.6) is 5.75 Å².